The van der Waals surface area contributed by atoms with Gasteiger partial charge in [-0.05, 0) is 62.1 Å². The Kier molecular flexibility index (Phi) is 7.54. The average molecular weight is 412 g/mol. The maximum absolute atomic E-state index is 11.5. The number of nitrogens with zero attached hydrogens (tertiary/aromatic N) is 2. The zero-order valence-electron chi connectivity index (χ0n) is 17.8. The maximum atomic E-state index is 11.5. The molecule has 160 valence electrons. The fourth-order valence-corrected chi connectivity index (χ4v) is 3.38. The molecule has 3 rings (SSSR count). The van der Waals surface area contributed by atoms with E-state index in [2.05, 4.69) is 10.3 Å². The van der Waals surface area contributed by atoms with Crippen LogP contribution in [-0.2, 0) is 11.2 Å². The molecule has 0 aromatic heterocycles. The number of hydrogen-bond donors (Lipinski definition) is 1. The minimum Gasteiger partial charge on any atom is -0.493 e. The van der Waals surface area contributed by atoms with Crippen LogP contribution < -0.4 is 14.8 Å². The molecule has 0 fully saturated rings. The zero-order valence-corrected chi connectivity index (χ0v) is 17.8. The molecule has 2 aromatic carbocycles. The molecule has 0 spiro atoms. The van der Waals surface area contributed by atoms with E-state index in [1.165, 1.54) is 5.56 Å². The second-order valence-electron chi connectivity index (χ2n) is 6.97. The number of ether oxygens (including phenoxy) is 3. The second-order valence-corrected chi connectivity index (χ2v) is 6.97. The van der Waals surface area contributed by atoms with Gasteiger partial charge >= 0.3 is 6.09 Å². The average Bonchev–Trinajstić information content (AvgIpc) is 2.78. The molecule has 1 amide bonds. The van der Waals surface area contributed by atoms with Crippen molar-refractivity contribution in [2.75, 3.05) is 39.2 Å². The first-order chi connectivity index (χ1) is 14.6. The van der Waals surface area contributed by atoms with Crippen molar-refractivity contribution in [1.82, 2.24) is 5.01 Å². The third kappa shape index (κ3) is 5.65. The van der Waals surface area contributed by atoms with Gasteiger partial charge in [-0.1, -0.05) is 12.1 Å². The van der Waals surface area contributed by atoms with Gasteiger partial charge in [-0.2, -0.15) is 5.10 Å². The highest BCUT2D eigenvalue weighted by Crippen LogP contribution is 2.29. The molecule has 0 unspecified atom stereocenters. The molecular formula is C23H29N3O4. The molecule has 1 heterocycles. The highest BCUT2D eigenvalue weighted by molar-refractivity contribution is 6.01. The Balaban J connectivity index is 1.60. The van der Waals surface area contributed by atoms with E-state index in [-0.39, 0.29) is 0 Å². The van der Waals surface area contributed by atoms with E-state index in [4.69, 9.17) is 19.3 Å². The third-order valence-corrected chi connectivity index (χ3v) is 4.94. The fraction of sp³-hybridized carbons (Fsp3) is 0.391. The molecule has 0 saturated heterocycles. The first kappa shape index (κ1) is 21.5. The van der Waals surface area contributed by atoms with Crippen molar-refractivity contribution in [3.8, 4) is 11.5 Å². The lowest BCUT2D eigenvalue weighted by molar-refractivity contribution is 0.168. The molecule has 7 heteroatoms. The van der Waals surface area contributed by atoms with Gasteiger partial charge in [0.25, 0.3) is 0 Å². The van der Waals surface area contributed by atoms with Gasteiger partial charge in [-0.3, -0.25) is 10.3 Å². The number of carbonyl (C=O) groups is 1. The quantitative estimate of drug-likeness (QED) is 0.701. The summed E-state index contributed by atoms with van der Waals surface area (Å²) >= 11 is 0. The van der Waals surface area contributed by atoms with Crippen molar-refractivity contribution in [3.63, 3.8) is 0 Å². The highest BCUT2D eigenvalue weighted by Gasteiger charge is 2.15. The van der Waals surface area contributed by atoms with Crippen LogP contribution in [0.3, 0.4) is 0 Å². The van der Waals surface area contributed by atoms with Gasteiger partial charge in [0.05, 0.1) is 26.5 Å². The van der Waals surface area contributed by atoms with Crippen molar-refractivity contribution in [1.29, 1.82) is 0 Å². The van der Waals surface area contributed by atoms with E-state index < -0.39 is 6.09 Å². The molecule has 30 heavy (non-hydrogen) atoms. The number of carbonyl (C=O) groups excluding carboxylic acids is 1. The largest absolute Gasteiger partial charge is 0.493 e. The Labute approximate surface area is 177 Å². The van der Waals surface area contributed by atoms with Gasteiger partial charge in [0.15, 0.2) is 11.5 Å². The van der Waals surface area contributed by atoms with Crippen LogP contribution in [0.15, 0.2) is 47.6 Å². The van der Waals surface area contributed by atoms with Crippen molar-refractivity contribution in [2.45, 2.75) is 26.2 Å². The molecule has 1 N–H and O–H groups in total. The number of benzene rings is 2. The second kappa shape index (κ2) is 10.5. The molecule has 1 aliphatic heterocycles. The summed E-state index contributed by atoms with van der Waals surface area (Å²) in [6.45, 7) is 3.91. The predicted octanol–water partition coefficient (Wildman–Crippen LogP) is 4.31. The Morgan fingerprint density at radius 2 is 1.87 bits per heavy atom. The lowest BCUT2D eigenvalue weighted by atomic mass is 10.0. The monoisotopic (exact) mass is 411 g/mol. The number of methoxy groups -OCH3 is 2. The number of hydrogen-bond acceptors (Lipinski definition) is 6. The van der Waals surface area contributed by atoms with E-state index in [0.717, 1.165) is 55.1 Å². The molecule has 0 atom stereocenters. The van der Waals surface area contributed by atoms with Gasteiger partial charge in [0, 0.05) is 24.3 Å². The number of amides is 1. The first-order valence-corrected chi connectivity index (χ1v) is 10.2. The molecular weight excluding hydrogens is 382 g/mol. The molecule has 0 radical (unpaired) electrons. The maximum Gasteiger partial charge on any atom is 0.411 e. The third-order valence-electron chi connectivity index (χ3n) is 4.94. The van der Waals surface area contributed by atoms with Crippen LogP contribution in [0.4, 0.5) is 10.5 Å². The SMILES string of the molecule is CCOC(=O)Nc1ccc(CCN2CCCC(c3ccc(OC)c(OC)c3)=N2)cc1. The van der Waals surface area contributed by atoms with E-state index >= 15 is 0 Å². The lowest BCUT2D eigenvalue weighted by Gasteiger charge is -2.26. The van der Waals surface area contributed by atoms with E-state index in [0.29, 0.717) is 12.4 Å². The van der Waals surface area contributed by atoms with Crippen molar-refractivity contribution >= 4 is 17.5 Å². The Morgan fingerprint density at radius 3 is 2.57 bits per heavy atom. The fourth-order valence-electron chi connectivity index (χ4n) is 3.38. The normalized spacial score (nSPS) is 13.4. The Morgan fingerprint density at radius 1 is 1.10 bits per heavy atom. The minimum absolute atomic E-state index is 0.353. The van der Waals surface area contributed by atoms with Gasteiger partial charge in [0.1, 0.15) is 0 Å². The number of rotatable bonds is 8. The standard InChI is InChI=1S/C23H29N3O4/c1-4-30-23(27)24-19-10-7-17(8-11-19)13-15-26-14-5-6-20(25-26)18-9-12-21(28-2)22(16-18)29-3/h7-12,16H,4-6,13-15H2,1-3H3,(H,24,27). The topological polar surface area (TPSA) is 72.4 Å². The lowest BCUT2D eigenvalue weighted by Crippen LogP contribution is -2.28. The van der Waals surface area contributed by atoms with Crippen LogP contribution >= 0.6 is 0 Å². The predicted molar refractivity (Wildman–Crippen MR) is 118 cm³/mol. The number of nitrogens with one attached hydrogen (secondary N) is 1. The zero-order chi connectivity index (χ0) is 21.3. The number of hydrazone groups is 1. The summed E-state index contributed by atoms with van der Waals surface area (Å²) in [6.07, 6.45) is 2.45. The van der Waals surface area contributed by atoms with Crippen molar-refractivity contribution in [3.05, 3.63) is 53.6 Å². The summed E-state index contributed by atoms with van der Waals surface area (Å²) in [5.41, 5.74) is 4.05. The Hall–Kier alpha value is -3.22. The molecule has 0 aliphatic carbocycles. The van der Waals surface area contributed by atoms with Gasteiger partial charge in [0.2, 0.25) is 0 Å². The van der Waals surface area contributed by atoms with Crippen LogP contribution in [0, 0.1) is 0 Å². The molecule has 0 saturated carbocycles. The summed E-state index contributed by atoms with van der Waals surface area (Å²) in [5, 5.41) is 9.69. The Bertz CT molecular complexity index is 881. The summed E-state index contributed by atoms with van der Waals surface area (Å²) in [5.74, 6) is 1.43. The smallest absolute Gasteiger partial charge is 0.411 e. The summed E-state index contributed by atoms with van der Waals surface area (Å²) in [6, 6.07) is 13.7. The van der Waals surface area contributed by atoms with Gasteiger partial charge < -0.3 is 14.2 Å². The van der Waals surface area contributed by atoms with E-state index in [1.807, 2.05) is 42.5 Å². The molecule has 2 aromatic rings. The van der Waals surface area contributed by atoms with Crippen LogP contribution in [0.2, 0.25) is 0 Å². The minimum atomic E-state index is -0.435. The van der Waals surface area contributed by atoms with Crippen LogP contribution in [-0.4, -0.2) is 50.7 Å². The van der Waals surface area contributed by atoms with Crippen LogP contribution in [0.25, 0.3) is 0 Å². The summed E-state index contributed by atoms with van der Waals surface area (Å²) in [7, 11) is 3.28. The van der Waals surface area contributed by atoms with Gasteiger partial charge in [-0.15, -0.1) is 0 Å². The number of anilines is 1. The van der Waals surface area contributed by atoms with Crippen LogP contribution in [0.5, 0.6) is 11.5 Å². The van der Waals surface area contributed by atoms with E-state index in [1.54, 1.807) is 21.1 Å². The molecule has 1 aliphatic rings. The highest BCUT2D eigenvalue weighted by atomic mass is 16.5. The van der Waals surface area contributed by atoms with Gasteiger partial charge in [-0.25, -0.2) is 4.79 Å². The molecule has 0 bridgehead atoms. The van der Waals surface area contributed by atoms with Crippen molar-refractivity contribution in [2.24, 2.45) is 5.10 Å². The van der Waals surface area contributed by atoms with Crippen LogP contribution in [0.1, 0.15) is 30.9 Å². The summed E-state index contributed by atoms with van der Waals surface area (Å²) < 4.78 is 15.6. The summed E-state index contributed by atoms with van der Waals surface area (Å²) in [4.78, 5) is 11.5. The van der Waals surface area contributed by atoms with Crippen molar-refractivity contribution < 1.29 is 19.0 Å². The first-order valence-electron chi connectivity index (χ1n) is 10.2. The van der Waals surface area contributed by atoms with E-state index in [9.17, 15) is 4.79 Å². The molecule has 7 nitrogen and oxygen atoms in total.